The van der Waals surface area contributed by atoms with Crippen LogP contribution in [0.25, 0.3) is 11.1 Å². The van der Waals surface area contributed by atoms with E-state index in [2.05, 4.69) is 16.3 Å². The summed E-state index contributed by atoms with van der Waals surface area (Å²) >= 11 is 0. The summed E-state index contributed by atoms with van der Waals surface area (Å²) in [6.45, 7) is 4.12. The number of nitrogens with one attached hydrogen (secondary N) is 1. The first-order chi connectivity index (χ1) is 16.4. The number of hydrogen-bond donors (Lipinski definition) is 3. The highest BCUT2D eigenvalue weighted by Crippen LogP contribution is 2.33. The fourth-order valence-electron chi connectivity index (χ4n) is 4.31. The summed E-state index contributed by atoms with van der Waals surface area (Å²) in [5, 5.41) is 19.1. The van der Waals surface area contributed by atoms with E-state index in [1.165, 1.54) is 42.5 Å². The Bertz CT molecular complexity index is 984. The number of rotatable bonds is 4. The van der Waals surface area contributed by atoms with E-state index < -0.39 is 11.9 Å². The molecule has 0 amide bonds. The SMILES string of the molecule is Fc1ccc(-c2cc(N3CCCNCC3)nc3c2CCCCCC3)cc1.O=C(O)C=CC(=O)O. The van der Waals surface area contributed by atoms with Gasteiger partial charge in [0.05, 0.1) is 0 Å². The van der Waals surface area contributed by atoms with Crippen molar-refractivity contribution in [2.75, 3.05) is 31.1 Å². The first-order valence-corrected chi connectivity index (χ1v) is 11.8. The van der Waals surface area contributed by atoms with Crippen LogP contribution in [0, 0.1) is 5.82 Å². The fraction of sp³-hybridized carbons (Fsp3) is 0.423. The van der Waals surface area contributed by atoms with Crippen molar-refractivity contribution in [2.24, 2.45) is 0 Å². The molecule has 0 atom stereocenters. The Hall–Kier alpha value is -3.26. The molecule has 34 heavy (non-hydrogen) atoms. The van der Waals surface area contributed by atoms with Crippen molar-refractivity contribution in [1.29, 1.82) is 0 Å². The molecule has 1 aliphatic heterocycles. The van der Waals surface area contributed by atoms with Crippen LogP contribution in [0.3, 0.4) is 0 Å². The van der Waals surface area contributed by atoms with Crippen molar-refractivity contribution in [3.63, 3.8) is 0 Å². The highest BCUT2D eigenvalue weighted by molar-refractivity contribution is 5.89. The zero-order valence-electron chi connectivity index (χ0n) is 19.3. The minimum absolute atomic E-state index is 0.176. The van der Waals surface area contributed by atoms with E-state index >= 15 is 0 Å². The second-order valence-electron chi connectivity index (χ2n) is 8.47. The lowest BCUT2D eigenvalue weighted by molar-refractivity contribution is -0.134. The maximum Gasteiger partial charge on any atom is 0.328 e. The van der Waals surface area contributed by atoms with E-state index in [1.807, 2.05) is 12.1 Å². The Morgan fingerprint density at radius 3 is 2.26 bits per heavy atom. The molecule has 1 aliphatic carbocycles. The Balaban J connectivity index is 0.000000350. The maximum atomic E-state index is 13.4. The van der Waals surface area contributed by atoms with E-state index in [-0.39, 0.29) is 5.82 Å². The highest BCUT2D eigenvalue weighted by Gasteiger charge is 2.19. The highest BCUT2D eigenvalue weighted by atomic mass is 19.1. The Labute approximate surface area is 199 Å². The van der Waals surface area contributed by atoms with Crippen LogP contribution in [0.5, 0.6) is 0 Å². The zero-order valence-corrected chi connectivity index (χ0v) is 19.3. The number of carboxylic acids is 2. The van der Waals surface area contributed by atoms with Crippen LogP contribution in [-0.2, 0) is 22.4 Å². The molecule has 2 aromatic rings. The van der Waals surface area contributed by atoms with E-state index in [0.717, 1.165) is 56.8 Å². The summed E-state index contributed by atoms with van der Waals surface area (Å²) in [6, 6.07) is 9.22. The number of nitrogens with zero attached hydrogens (tertiary/aromatic N) is 2. The van der Waals surface area contributed by atoms with Crippen LogP contribution in [0.15, 0.2) is 42.5 Å². The van der Waals surface area contributed by atoms with Crippen molar-refractivity contribution in [2.45, 2.75) is 44.9 Å². The van der Waals surface area contributed by atoms with Crippen molar-refractivity contribution in [1.82, 2.24) is 10.3 Å². The molecular weight excluding hydrogens is 437 g/mol. The van der Waals surface area contributed by atoms with Gasteiger partial charge in [-0.05, 0) is 73.5 Å². The van der Waals surface area contributed by atoms with Gasteiger partial charge < -0.3 is 20.4 Å². The molecule has 0 radical (unpaired) electrons. The van der Waals surface area contributed by atoms with Gasteiger partial charge >= 0.3 is 11.9 Å². The van der Waals surface area contributed by atoms with Gasteiger partial charge in [0.1, 0.15) is 11.6 Å². The lowest BCUT2D eigenvalue weighted by Gasteiger charge is -2.25. The maximum absolute atomic E-state index is 13.4. The van der Waals surface area contributed by atoms with Crippen LogP contribution >= 0.6 is 0 Å². The van der Waals surface area contributed by atoms with Gasteiger partial charge in [0.25, 0.3) is 0 Å². The lowest BCUT2D eigenvalue weighted by Crippen LogP contribution is -2.29. The van der Waals surface area contributed by atoms with Gasteiger partial charge in [0.15, 0.2) is 0 Å². The molecule has 1 fully saturated rings. The number of aromatic nitrogens is 1. The third-order valence-electron chi connectivity index (χ3n) is 5.97. The van der Waals surface area contributed by atoms with Gasteiger partial charge in [0.2, 0.25) is 0 Å². The van der Waals surface area contributed by atoms with Crippen molar-refractivity contribution >= 4 is 17.8 Å². The molecule has 4 rings (SSSR count). The molecule has 1 aromatic heterocycles. The number of carbonyl (C=O) groups is 2. The standard InChI is InChI=1S/C22H28FN3.C4H4O4/c23-18-10-8-17(9-11-18)20-16-22(26-14-5-12-24-13-15-26)25-21-7-4-2-1-3-6-19(20)21;5-3(6)1-2-4(7)8/h8-11,16,24H,1-7,12-15H2;1-2H,(H,5,6)(H,7,8). The normalized spacial score (nSPS) is 16.4. The molecule has 2 heterocycles. The number of hydrogen-bond acceptors (Lipinski definition) is 5. The van der Waals surface area contributed by atoms with Crippen LogP contribution in [0.4, 0.5) is 10.2 Å². The number of benzene rings is 1. The summed E-state index contributed by atoms with van der Waals surface area (Å²) in [4.78, 5) is 26.6. The van der Waals surface area contributed by atoms with Crippen molar-refractivity contribution in [3.05, 3.63) is 59.6 Å². The number of halogens is 1. The third kappa shape index (κ3) is 7.66. The Kier molecular flexibility index (Phi) is 9.58. The minimum Gasteiger partial charge on any atom is -0.478 e. The summed E-state index contributed by atoms with van der Waals surface area (Å²) in [7, 11) is 0. The molecule has 0 saturated carbocycles. The van der Waals surface area contributed by atoms with E-state index in [9.17, 15) is 14.0 Å². The van der Waals surface area contributed by atoms with Gasteiger partial charge in [-0.1, -0.05) is 25.0 Å². The van der Waals surface area contributed by atoms with Gasteiger partial charge in [0, 0.05) is 37.5 Å². The molecular formula is C26H32FN3O4. The van der Waals surface area contributed by atoms with Gasteiger partial charge in [-0.3, -0.25) is 0 Å². The number of anilines is 1. The Morgan fingerprint density at radius 2 is 1.59 bits per heavy atom. The molecule has 0 unspecified atom stereocenters. The second-order valence-corrected chi connectivity index (χ2v) is 8.47. The molecule has 3 N–H and O–H groups in total. The van der Waals surface area contributed by atoms with Gasteiger partial charge in [-0.2, -0.15) is 0 Å². The number of fused-ring (bicyclic) bond motifs is 1. The molecule has 2 aliphatic rings. The van der Waals surface area contributed by atoms with Crippen molar-refractivity contribution < 1.29 is 24.2 Å². The van der Waals surface area contributed by atoms with Gasteiger partial charge in [-0.15, -0.1) is 0 Å². The van der Waals surface area contributed by atoms with E-state index in [0.29, 0.717) is 12.2 Å². The third-order valence-corrected chi connectivity index (χ3v) is 5.97. The largest absolute Gasteiger partial charge is 0.478 e. The quantitative estimate of drug-likeness (QED) is 0.581. The second kappa shape index (κ2) is 12.8. The van der Waals surface area contributed by atoms with E-state index in [4.69, 9.17) is 15.2 Å². The molecule has 0 spiro atoms. The first-order valence-electron chi connectivity index (χ1n) is 11.8. The molecule has 7 nitrogen and oxygen atoms in total. The monoisotopic (exact) mass is 469 g/mol. The predicted molar refractivity (Wildman–Crippen MR) is 130 cm³/mol. The summed E-state index contributed by atoms with van der Waals surface area (Å²) in [6.07, 6.45) is 9.42. The Morgan fingerprint density at radius 1 is 0.912 bits per heavy atom. The van der Waals surface area contributed by atoms with Crippen molar-refractivity contribution in [3.8, 4) is 11.1 Å². The number of aryl methyl sites for hydroxylation is 1. The first kappa shape index (κ1) is 25.4. The molecule has 1 saturated heterocycles. The predicted octanol–water partition coefficient (Wildman–Crippen LogP) is 4.06. The van der Waals surface area contributed by atoms with Crippen LogP contribution in [0.1, 0.15) is 43.4 Å². The minimum atomic E-state index is -1.26. The van der Waals surface area contributed by atoms with Crippen LogP contribution < -0.4 is 10.2 Å². The van der Waals surface area contributed by atoms with E-state index in [1.54, 1.807) is 12.1 Å². The molecule has 1 aromatic carbocycles. The van der Waals surface area contributed by atoms with Crippen LogP contribution in [-0.4, -0.2) is 53.3 Å². The summed E-state index contributed by atoms with van der Waals surface area (Å²) < 4.78 is 13.4. The van der Waals surface area contributed by atoms with Crippen LogP contribution in [0.2, 0.25) is 0 Å². The number of pyridine rings is 1. The summed E-state index contributed by atoms with van der Waals surface area (Å²) in [5.74, 6) is -1.60. The zero-order chi connectivity index (χ0) is 24.3. The number of aliphatic carboxylic acids is 2. The summed E-state index contributed by atoms with van der Waals surface area (Å²) in [5.41, 5.74) is 5.01. The molecule has 0 bridgehead atoms. The average molecular weight is 470 g/mol. The molecule has 182 valence electrons. The smallest absolute Gasteiger partial charge is 0.328 e. The number of carboxylic acid groups (broad SMARTS) is 2. The lowest BCUT2D eigenvalue weighted by atomic mass is 9.90. The van der Waals surface area contributed by atoms with Gasteiger partial charge in [-0.25, -0.2) is 19.0 Å². The topological polar surface area (TPSA) is 103 Å². The molecule has 8 heteroatoms. The fourth-order valence-corrected chi connectivity index (χ4v) is 4.31. The average Bonchev–Trinajstić information content (AvgIpc) is 3.08.